The van der Waals surface area contributed by atoms with Crippen molar-refractivity contribution in [2.45, 2.75) is 56.5 Å². The van der Waals surface area contributed by atoms with Crippen LogP contribution >= 0.6 is 11.6 Å². The number of unbranched alkanes of at least 4 members (excludes halogenated alkanes) is 1. The van der Waals surface area contributed by atoms with Crippen LogP contribution in [-0.2, 0) is 20.7 Å². The zero-order valence-corrected chi connectivity index (χ0v) is 19.5. The van der Waals surface area contributed by atoms with Crippen molar-refractivity contribution >= 4 is 23.6 Å². The molecule has 3 rings (SSSR count). The summed E-state index contributed by atoms with van der Waals surface area (Å²) >= 11 is 5.91. The molecule has 1 aliphatic rings. The van der Waals surface area contributed by atoms with Crippen LogP contribution in [0.4, 0.5) is 0 Å². The molecule has 0 aromatic heterocycles. The first kappa shape index (κ1) is 25.2. The Balaban J connectivity index is 1.42. The van der Waals surface area contributed by atoms with Crippen LogP contribution in [0.15, 0.2) is 54.6 Å². The van der Waals surface area contributed by atoms with Crippen molar-refractivity contribution in [2.75, 3.05) is 13.7 Å². The lowest BCUT2D eigenvalue weighted by Gasteiger charge is -2.36. The molecular weight excluding hydrogens is 444 g/mol. The normalized spacial score (nSPS) is 22.9. The number of carbonyl (C=O) groups excluding carboxylic acids is 1. The van der Waals surface area contributed by atoms with E-state index in [4.69, 9.17) is 25.8 Å². The molecule has 33 heavy (non-hydrogen) atoms. The zero-order valence-electron chi connectivity index (χ0n) is 18.7. The van der Waals surface area contributed by atoms with E-state index in [0.717, 1.165) is 35.6 Å². The van der Waals surface area contributed by atoms with E-state index in [-0.39, 0.29) is 6.10 Å². The number of rotatable bonds is 10. The van der Waals surface area contributed by atoms with Gasteiger partial charge in [-0.1, -0.05) is 35.9 Å². The van der Waals surface area contributed by atoms with Crippen LogP contribution in [0.1, 0.15) is 36.8 Å². The molecule has 7 heteroatoms. The van der Waals surface area contributed by atoms with E-state index in [2.05, 4.69) is 0 Å². The Labute approximate surface area is 199 Å². The molecule has 178 valence electrons. The highest BCUT2D eigenvalue weighted by molar-refractivity contribution is 6.30. The first-order valence-corrected chi connectivity index (χ1v) is 11.6. The number of methoxy groups -OCH3 is 1. The highest BCUT2D eigenvalue weighted by Gasteiger charge is 2.38. The lowest BCUT2D eigenvalue weighted by molar-refractivity contribution is -0.170. The molecule has 0 saturated heterocycles. The predicted octanol–water partition coefficient (Wildman–Crippen LogP) is 4.20. The van der Waals surface area contributed by atoms with Crippen molar-refractivity contribution in [3.05, 3.63) is 70.8 Å². The van der Waals surface area contributed by atoms with Gasteiger partial charge in [-0.25, -0.2) is 4.79 Å². The van der Waals surface area contributed by atoms with E-state index in [0.29, 0.717) is 19.4 Å². The minimum absolute atomic E-state index is 0.276. The molecule has 0 aliphatic heterocycles. The number of carbonyl (C=O) groups is 1. The maximum atomic E-state index is 12.2. The highest BCUT2D eigenvalue weighted by Crippen LogP contribution is 2.25. The average Bonchev–Trinajstić information content (AvgIpc) is 2.82. The van der Waals surface area contributed by atoms with Crippen molar-refractivity contribution < 1.29 is 29.2 Å². The number of ether oxygens (including phenoxy) is 3. The van der Waals surface area contributed by atoms with Gasteiger partial charge in [0.05, 0.1) is 19.3 Å². The molecule has 1 aliphatic carbocycles. The summed E-state index contributed by atoms with van der Waals surface area (Å²) in [6.45, 7) is 0.541. The Morgan fingerprint density at radius 2 is 1.79 bits per heavy atom. The summed E-state index contributed by atoms with van der Waals surface area (Å²) in [6.07, 6.45) is 3.14. The summed E-state index contributed by atoms with van der Waals surface area (Å²) in [5, 5.41) is 21.2. The van der Waals surface area contributed by atoms with Crippen molar-refractivity contribution in [1.82, 2.24) is 0 Å². The molecular formula is C26H31ClO6. The summed E-state index contributed by atoms with van der Waals surface area (Å²) < 4.78 is 16.4. The Kier molecular flexibility index (Phi) is 9.76. The Bertz CT molecular complexity index is 896. The second-order valence-electron chi connectivity index (χ2n) is 8.19. The predicted molar refractivity (Wildman–Crippen MR) is 127 cm³/mol. The van der Waals surface area contributed by atoms with Crippen LogP contribution in [0.25, 0.3) is 6.08 Å². The molecule has 0 heterocycles. The maximum absolute atomic E-state index is 12.2. The SMILES string of the molecule is COc1ccc(/C=C/C(=O)O[C@@H]2C[C@@H](OCCCCc3ccc(Cl)cc3)C[C@H](O)[C@H]2O)cc1. The molecule has 2 aromatic carbocycles. The Morgan fingerprint density at radius 1 is 1.06 bits per heavy atom. The fourth-order valence-corrected chi connectivity index (χ4v) is 3.93. The van der Waals surface area contributed by atoms with Crippen LogP contribution in [-0.4, -0.2) is 54.3 Å². The molecule has 2 N–H and O–H groups in total. The van der Waals surface area contributed by atoms with Gasteiger partial charge in [0.25, 0.3) is 0 Å². The number of hydrogen-bond donors (Lipinski definition) is 2. The average molecular weight is 475 g/mol. The molecule has 0 amide bonds. The van der Waals surface area contributed by atoms with Gasteiger partial charge in [-0.3, -0.25) is 0 Å². The van der Waals surface area contributed by atoms with Crippen LogP contribution in [0, 0.1) is 0 Å². The number of aryl methyl sites for hydroxylation is 1. The molecule has 2 aromatic rings. The van der Waals surface area contributed by atoms with Crippen molar-refractivity contribution in [3.63, 3.8) is 0 Å². The van der Waals surface area contributed by atoms with Gasteiger partial charge in [0.1, 0.15) is 18.0 Å². The highest BCUT2D eigenvalue weighted by atomic mass is 35.5. The first-order chi connectivity index (χ1) is 15.9. The Morgan fingerprint density at radius 3 is 2.48 bits per heavy atom. The van der Waals surface area contributed by atoms with Crippen molar-refractivity contribution in [3.8, 4) is 5.75 Å². The van der Waals surface area contributed by atoms with Crippen molar-refractivity contribution in [1.29, 1.82) is 0 Å². The van der Waals surface area contributed by atoms with E-state index in [1.807, 2.05) is 36.4 Å². The molecule has 0 spiro atoms. The van der Waals surface area contributed by atoms with E-state index in [1.165, 1.54) is 11.6 Å². The number of halogens is 1. The summed E-state index contributed by atoms with van der Waals surface area (Å²) in [6, 6.07) is 15.0. The minimum atomic E-state index is -1.13. The van der Waals surface area contributed by atoms with E-state index >= 15 is 0 Å². The number of aliphatic hydroxyl groups excluding tert-OH is 2. The van der Waals surface area contributed by atoms with E-state index in [9.17, 15) is 15.0 Å². The number of hydrogen-bond acceptors (Lipinski definition) is 6. The second kappa shape index (κ2) is 12.8. The maximum Gasteiger partial charge on any atom is 0.331 e. The summed E-state index contributed by atoms with van der Waals surface area (Å²) in [5.74, 6) is 0.149. The summed E-state index contributed by atoms with van der Waals surface area (Å²) in [7, 11) is 1.59. The van der Waals surface area contributed by atoms with Gasteiger partial charge in [0.2, 0.25) is 0 Å². The smallest absolute Gasteiger partial charge is 0.331 e. The number of benzene rings is 2. The number of aliphatic hydroxyl groups is 2. The molecule has 4 atom stereocenters. The van der Waals surface area contributed by atoms with E-state index in [1.54, 1.807) is 25.3 Å². The van der Waals surface area contributed by atoms with Crippen LogP contribution in [0.3, 0.4) is 0 Å². The standard InChI is InChI=1S/C26H31ClO6/c1-31-21-12-7-19(8-13-21)9-14-25(29)33-24-17-22(16-23(28)26(24)30)32-15-3-2-4-18-5-10-20(27)11-6-18/h5-14,22-24,26,28,30H,2-4,15-17H2,1H3/b14-9+/t22-,23-,24+,26+/m0/s1. The van der Waals surface area contributed by atoms with Gasteiger partial charge >= 0.3 is 5.97 Å². The topological polar surface area (TPSA) is 85.2 Å². The van der Waals surface area contributed by atoms with Gasteiger partial charge in [0, 0.05) is 30.5 Å². The number of esters is 1. The van der Waals surface area contributed by atoms with Crippen LogP contribution in [0.5, 0.6) is 5.75 Å². The van der Waals surface area contributed by atoms with E-state index < -0.39 is 24.3 Å². The van der Waals surface area contributed by atoms with Crippen molar-refractivity contribution in [2.24, 2.45) is 0 Å². The van der Waals surface area contributed by atoms with Gasteiger partial charge in [-0.05, 0) is 60.7 Å². The fraction of sp³-hybridized carbons (Fsp3) is 0.423. The summed E-state index contributed by atoms with van der Waals surface area (Å²) in [5.41, 5.74) is 2.04. The summed E-state index contributed by atoms with van der Waals surface area (Å²) in [4.78, 5) is 12.2. The fourth-order valence-electron chi connectivity index (χ4n) is 3.81. The van der Waals surface area contributed by atoms with Gasteiger partial charge in [-0.2, -0.15) is 0 Å². The largest absolute Gasteiger partial charge is 0.497 e. The minimum Gasteiger partial charge on any atom is -0.497 e. The third-order valence-electron chi connectivity index (χ3n) is 5.70. The van der Waals surface area contributed by atoms with Gasteiger partial charge in [0.15, 0.2) is 0 Å². The quantitative estimate of drug-likeness (QED) is 0.305. The molecule has 1 saturated carbocycles. The molecule has 6 nitrogen and oxygen atoms in total. The van der Waals surface area contributed by atoms with Gasteiger partial charge in [-0.15, -0.1) is 0 Å². The first-order valence-electron chi connectivity index (χ1n) is 11.2. The Hall–Kier alpha value is -2.38. The molecule has 1 fully saturated rings. The van der Waals surface area contributed by atoms with Gasteiger partial charge < -0.3 is 24.4 Å². The monoisotopic (exact) mass is 474 g/mol. The molecule has 0 unspecified atom stereocenters. The van der Waals surface area contributed by atoms with Crippen LogP contribution in [0.2, 0.25) is 5.02 Å². The third kappa shape index (κ3) is 8.16. The second-order valence-corrected chi connectivity index (χ2v) is 8.62. The lowest BCUT2D eigenvalue weighted by atomic mass is 9.89. The lowest BCUT2D eigenvalue weighted by Crippen LogP contribution is -2.48. The molecule has 0 radical (unpaired) electrons. The molecule has 0 bridgehead atoms. The zero-order chi connectivity index (χ0) is 23.6. The van der Waals surface area contributed by atoms with Crippen LogP contribution < -0.4 is 4.74 Å². The third-order valence-corrected chi connectivity index (χ3v) is 5.95.